The molecule has 4 aromatic rings. The number of aromatic nitrogens is 4. The number of benzene rings is 2. The van der Waals surface area contributed by atoms with Crippen molar-refractivity contribution in [2.45, 2.75) is 31.6 Å². The van der Waals surface area contributed by atoms with Crippen LogP contribution >= 0.6 is 12.4 Å². The number of halogens is 2. The third kappa shape index (κ3) is 5.76. The maximum absolute atomic E-state index is 14.4. The van der Waals surface area contributed by atoms with Gasteiger partial charge in [0, 0.05) is 18.8 Å². The molecule has 2 aromatic carbocycles. The Labute approximate surface area is 220 Å². The van der Waals surface area contributed by atoms with Gasteiger partial charge in [0.1, 0.15) is 16.8 Å². The number of hydrogen-bond donors (Lipinski definition) is 2. The highest BCUT2D eigenvalue weighted by atomic mass is 35.5. The monoisotopic (exact) mass is 550 g/mol. The summed E-state index contributed by atoms with van der Waals surface area (Å²) in [6.07, 6.45) is 1.50. The lowest BCUT2D eigenvalue weighted by Crippen LogP contribution is -2.12. The molecule has 2 aromatic heterocycles. The van der Waals surface area contributed by atoms with Crippen LogP contribution in [0.1, 0.15) is 26.0 Å². The molecule has 0 bridgehead atoms. The van der Waals surface area contributed by atoms with E-state index in [4.69, 9.17) is 19.6 Å². The predicted octanol–water partition coefficient (Wildman–Crippen LogP) is 4.34. The average molecular weight is 551 g/mol. The molecule has 10 nitrogen and oxygen atoms in total. The van der Waals surface area contributed by atoms with Gasteiger partial charge in [-0.2, -0.15) is 5.10 Å². The van der Waals surface area contributed by atoms with E-state index >= 15 is 0 Å². The third-order valence-electron chi connectivity index (χ3n) is 5.47. The van der Waals surface area contributed by atoms with Crippen LogP contribution in [0.15, 0.2) is 41.3 Å². The topological polar surface area (TPSA) is 134 Å². The molecule has 3 N–H and O–H groups in total. The molecule has 0 fully saturated rings. The normalized spacial score (nSPS) is 11.3. The van der Waals surface area contributed by atoms with Crippen LogP contribution in [-0.2, 0) is 23.5 Å². The van der Waals surface area contributed by atoms with E-state index in [1.165, 1.54) is 37.4 Å². The largest absolute Gasteiger partial charge is 0.494 e. The number of nitrogens with zero attached hydrogens (tertiary/aromatic N) is 4. The van der Waals surface area contributed by atoms with E-state index in [9.17, 15) is 12.8 Å². The van der Waals surface area contributed by atoms with E-state index < -0.39 is 15.8 Å². The van der Waals surface area contributed by atoms with E-state index in [2.05, 4.69) is 15.4 Å². The molecule has 37 heavy (non-hydrogen) atoms. The number of rotatable bonds is 9. The Hall–Kier alpha value is -3.48. The highest BCUT2D eigenvalue weighted by Crippen LogP contribution is 2.35. The molecular weight excluding hydrogens is 523 g/mol. The van der Waals surface area contributed by atoms with E-state index in [-0.39, 0.29) is 28.9 Å². The number of primary sulfonamides is 1. The lowest BCUT2D eigenvalue weighted by Gasteiger charge is -2.14. The summed E-state index contributed by atoms with van der Waals surface area (Å²) < 4.78 is 50.9. The van der Waals surface area contributed by atoms with Crippen molar-refractivity contribution in [3.05, 3.63) is 47.9 Å². The molecule has 0 unspecified atom stereocenters. The lowest BCUT2D eigenvalue weighted by atomic mass is 10.1. The quantitative estimate of drug-likeness (QED) is 0.314. The number of aryl methyl sites for hydroxylation is 2. The van der Waals surface area contributed by atoms with Gasteiger partial charge in [-0.15, -0.1) is 12.4 Å². The van der Waals surface area contributed by atoms with Gasteiger partial charge in [0.25, 0.3) is 0 Å². The van der Waals surface area contributed by atoms with Crippen LogP contribution in [0.2, 0.25) is 0 Å². The summed E-state index contributed by atoms with van der Waals surface area (Å²) in [6.45, 7) is 4.19. The van der Waals surface area contributed by atoms with E-state index in [0.717, 1.165) is 12.1 Å². The summed E-state index contributed by atoms with van der Waals surface area (Å²) in [5, 5.41) is 13.1. The van der Waals surface area contributed by atoms with Crippen LogP contribution in [0.5, 0.6) is 11.5 Å². The molecular formula is C24H28ClFN6O4S. The van der Waals surface area contributed by atoms with E-state index in [1.54, 1.807) is 17.8 Å². The Morgan fingerprint density at radius 2 is 1.84 bits per heavy atom. The summed E-state index contributed by atoms with van der Waals surface area (Å²) in [7, 11) is -0.820. The fourth-order valence-corrected chi connectivity index (χ4v) is 4.42. The highest BCUT2D eigenvalue weighted by molar-refractivity contribution is 7.89. The minimum atomic E-state index is -3.99. The molecule has 0 saturated heterocycles. The number of hydrogen-bond acceptors (Lipinski definition) is 8. The number of nitrogens with one attached hydrogen (secondary N) is 1. The Balaban J connectivity index is 0.00000380. The maximum atomic E-state index is 14.4. The van der Waals surface area contributed by atoms with Gasteiger partial charge < -0.3 is 14.8 Å². The van der Waals surface area contributed by atoms with Crippen molar-refractivity contribution in [3.63, 3.8) is 0 Å². The second kappa shape index (κ2) is 11.3. The second-order valence-corrected chi connectivity index (χ2v) is 9.59. The van der Waals surface area contributed by atoms with Gasteiger partial charge in [0.2, 0.25) is 10.0 Å². The fraction of sp³-hybridized carbons (Fsp3) is 0.292. The molecule has 13 heteroatoms. The zero-order valence-electron chi connectivity index (χ0n) is 20.8. The standard InChI is InChI=1S/C24H27FN6O4S.ClH/c1-5-7-18-21-22(31(3)30-18)24(27-14-8-10-20(34-4)17(25)12-14)29-23(28-21)16-13-15(36(26,32)33)9-11-19(16)35-6-2;/h8-13H,5-7H2,1-4H3,(H2,26,32,33)(H,27,28,29);1H. The zero-order chi connectivity index (χ0) is 26.0. The summed E-state index contributed by atoms with van der Waals surface area (Å²) in [5.74, 6) is 0.537. The van der Waals surface area contributed by atoms with Gasteiger partial charge in [-0.25, -0.2) is 27.9 Å². The Morgan fingerprint density at radius 1 is 1.11 bits per heavy atom. The van der Waals surface area contributed by atoms with Crippen molar-refractivity contribution in [1.29, 1.82) is 0 Å². The fourth-order valence-electron chi connectivity index (χ4n) is 3.88. The number of anilines is 2. The van der Waals surface area contributed by atoms with Crippen LogP contribution in [-0.4, -0.2) is 41.9 Å². The minimum Gasteiger partial charge on any atom is -0.494 e. The van der Waals surface area contributed by atoms with Gasteiger partial charge >= 0.3 is 0 Å². The molecule has 0 aliphatic carbocycles. The smallest absolute Gasteiger partial charge is 0.238 e. The molecule has 0 amide bonds. The summed E-state index contributed by atoms with van der Waals surface area (Å²) in [6, 6.07) is 8.73. The van der Waals surface area contributed by atoms with Gasteiger partial charge in [-0.05, 0) is 43.7 Å². The molecule has 2 heterocycles. The maximum Gasteiger partial charge on any atom is 0.238 e. The van der Waals surface area contributed by atoms with Crippen LogP contribution in [0, 0.1) is 5.82 Å². The Kier molecular flexibility index (Phi) is 8.57. The Morgan fingerprint density at radius 3 is 2.46 bits per heavy atom. The van der Waals surface area contributed by atoms with Crippen molar-refractivity contribution in [3.8, 4) is 22.9 Å². The predicted molar refractivity (Wildman–Crippen MR) is 142 cm³/mol. The molecule has 0 spiro atoms. The van der Waals surface area contributed by atoms with E-state index in [1.807, 2.05) is 13.8 Å². The first-order valence-electron chi connectivity index (χ1n) is 11.3. The van der Waals surface area contributed by atoms with Crippen molar-refractivity contribution in [1.82, 2.24) is 19.7 Å². The first-order chi connectivity index (χ1) is 17.2. The van der Waals surface area contributed by atoms with Crippen molar-refractivity contribution in [2.24, 2.45) is 12.2 Å². The number of nitrogens with two attached hydrogens (primary N) is 1. The number of sulfonamides is 1. The minimum absolute atomic E-state index is 0. The number of ether oxygens (including phenoxy) is 2. The van der Waals surface area contributed by atoms with Gasteiger partial charge in [-0.1, -0.05) is 13.3 Å². The molecule has 0 saturated carbocycles. The van der Waals surface area contributed by atoms with Gasteiger partial charge in [0.05, 0.1) is 29.9 Å². The first-order valence-corrected chi connectivity index (χ1v) is 12.8. The molecule has 198 valence electrons. The number of methoxy groups -OCH3 is 1. The van der Waals surface area contributed by atoms with Crippen LogP contribution < -0.4 is 19.9 Å². The highest BCUT2D eigenvalue weighted by Gasteiger charge is 2.21. The zero-order valence-corrected chi connectivity index (χ0v) is 22.4. The molecule has 0 atom stereocenters. The van der Waals surface area contributed by atoms with Crippen molar-refractivity contribution >= 4 is 45.0 Å². The van der Waals surface area contributed by atoms with Crippen LogP contribution in [0.25, 0.3) is 22.4 Å². The summed E-state index contributed by atoms with van der Waals surface area (Å²) in [4.78, 5) is 9.34. The SMILES string of the molecule is CCCc1nn(C)c2c(Nc3ccc(OC)c(F)c3)nc(-c3cc(S(N)(=O)=O)ccc3OCC)nc12.Cl. The third-order valence-corrected chi connectivity index (χ3v) is 6.38. The summed E-state index contributed by atoms with van der Waals surface area (Å²) in [5.41, 5.74) is 2.73. The molecule has 0 aliphatic heterocycles. The van der Waals surface area contributed by atoms with Crippen LogP contribution in [0.4, 0.5) is 15.9 Å². The molecule has 0 aliphatic rings. The lowest BCUT2D eigenvalue weighted by molar-refractivity contribution is 0.341. The van der Waals surface area contributed by atoms with Gasteiger partial charge in [0.15, 0.2) is 23.2 Å². The first kappa shape index (κ1) is 28.1. The van der Waals surface area contributed by atoms with Crippen molar-refractivity contribution in [2.75, 3.05) is 19.0 Å². The van der Waals surface area contributed by atoms with Gasteiger partial charge in [-0.3, -0.25) is 4.68 Å². The van der Waals surface area contributed by atoms with E-state index in [0.29, 0.717) is 46.9 Å². The summed E-state index contributed by atoms with van der Waals surface area (Å²) >= 11 is 0. The van der Waals surface area contributed by atoms with Crippen LogP contribution in [0.3, 0.4) is 0 Å². The number of fused-ring (bicyclic) bond motifs is 1. The second-order valence-electron chi connectivity index (χ2n) is 8.02. The van der Waals surface area contributed by atoms with Crippen molar-refractivity contribution < 1.29 is 22.3 Å². The molecule has 0 radical (unpaired) electrons. The Bertz CT molecular complexity index is 1540. The average Bonchev–Trinajstić information content (AvgIpc) is 3.14. The molecule has 4 rings (SSSR count).